The Hall–Kier alpha value is -3.65. The molecule has 1 aliphatic rings. The van der Waals surface area contributed by atoms with Crippen molar-refractivity contribution < 1.29 is 32.7 Å². The Morgan fingerprint density at radius 2 is 2.09 bits per heavy atom. The fourth-order valence-corrected chi connectivity index (χ4v) is 3.38. The number of hydrogen-bond acceptors (Lipinski definition) is 7. The van der Waals surface area contributed by atoms with E-state index in [2.05, 4.69) is 5.16 Å². The predicted octanol–water partition coefficient (Wildman–Crippen LogP) is 4.94. The van der Waals surface area contributed by atoms with Gasteiger partial charge in [0.15, 0.2) is 5.76 Å². The van der Waals surface area contributed by atoms with Gasteiger partial charge in [0.05, 0.1) is 24.1 Å². The van der Waals surface area contributed by atoms with Crippen LogP contribution in [-0.2, 0) is 11.2 Å². The van der Waals surface area contributed by atoms with Crippen LogP contribution in [0.15, 0.2) is 46.7 Å². The standard InChI is InChI=1S/C23H17ClFNO6/c1-12-18(30-21(27)9-6-13-10-20(29-2)26-32-13)8-7-14-22(28)19(31-23(12)14)11-15-16(24)4-3-5-17(15)25/h3-5,7-8,10-11H,6,9H2,1-2H3/b19-11-. The van der Waals surface area contributed by atoms with E-state index >= 15 is 0 Å². The number of ether oxygens (including phenoxy) is 3. The molecule has 0 spiro atoms. The van der Waals surface area contributed by atoms with Crippen LogP contribution in [0.4, 0.5) is 4.39 Å². The molecule has 0 saturated heterocycles. The molecule has 0 saturated carbocycles. The second-order valence-corrected chi connectivity index (χ2v) is 7.36. The topological polar surface area (TPSA) is 87.9 Å². The minimum absolute atomic E-state index is 0.0472. The molecule has 0 radical (unpaired) electrons. The first-order valence-corrected chi connectivity index (χ1v) is 9.97. The maximum atomic E-state index is 14.1. The summed E-state index contributed by atoms with van der Waals surface area (Å²) in [5.41, 5.74) is 0.807. The van der Waals surface area contributed by atoms with Crippen molar-refractivity contribution in [3.05, 3.63) is 75.4 Å². The van der Waals surface area contributed by atoms with Crippen molar-refractivity contribution in [1.29, 1.82) is 0 Å². The maximum absolute atomic E-state index is 14.1. The summed E-state index contributed by atoms with van der Waals surface area (Å²) in [5, 5.41) is 3.82. The van der Waals surface area contributed by atoms with Crippen molar-refractivity contribution in [2.75, 3.05) is 7.11 Å². The van der Waals surface area contributed by atoms with E-state index in [1.54, 1.807) is 13.0 Å². The molecule has 1 aliphatic heterocycles. The molecule has 2 heterocycles. The van der Waals surface area contributed by atoms with Crippen LogP contribution in [-0.4, -0.2) is 24.0 Å². The molecular formula is C23H17ClFNO6. The Morgan fingerprint density at radius 1 is 1.28 bits per heavy atom. The molecule has 9 heteroatoms. The molecule has 3 aromatic rings. The van der Waals surface area contributed by atoms with Gasteiger partial charge in [-0.1, -0.05) is 17.7 Å². The van der Waals surface area contributed by atoms with Gasteiger partial charge in [0.2, 0.25) is 5.78 Å². The fourth-order valence-electron chi connectivity index (χ4n) is 3.17. The number of aryl methyl sites for hydroxylation is 1. The largest absolute Gasteiger partial charge is 0.479 e. The number of ketones is 1. The lowest BCUT2D eigenvalue weighted by Gasteiger charge is -2.09. The van der Waals surface area contributed by atoms with E-state index in [9.17, 15) is 14.0 Å². The van der Waals surface area contributed by atoms with Crippen LogP contribution >= 0.6 is 11.6 Å². The van der Waals surface area contributed by atoms with E-state index in [1.165, 1.54) is 43.5 Å². The lowest BCUT2D eigenvalue weighted by Crippen LogP contribution is -2.10. The number of carbonyl (C=O) groups excluding carboxylic acids is 2. The van der Waals surface area contributed by atoms with Crippen LogP contribution in [0.3, 0.4) is 0 Å². The van der Waals surface area contributed by atoms with E-state index in [0.29, 0.717) is 17.2 Å². The van der Waals surface area contributed by atoms with Crippen molar-refractivity contribution in [2.45, 2.75) is 19.8 Å². The number of fused-ring (bicyclic) bond motifs is 1. The summed E-state index contributed by atoms with van der Waals surface area (Å²) < 4.78 is 35.2. The third kappa shape index (κ3) is 4.22. The number of methoxy groups -OCH3 is 1. The molecule has 1 aromatic heterocycles. The summed E-state index contributed by atoms with van der Waals surface area (Å²) >= 11 is 6.04. The van der Waals surface area contributed by atoms with Crippen LogP contribution in [0, 0.1) is 12.7 Å². The molecule has 0 N–H and O–H groups in total. The number of benzene rings is 2. The number of carbonyl (C=O) groups is 2. The summed E-state index contributed by atoms with van der Waals surface area (Å²) in [6, 6.07) is 8.82. The molecule has 0 aliphatic carbocycles. The Kier molecular flexibility index (Phi) is 5.96. The molecular weight excluding hydrogens is 441 g/mol. The van der Waals surface area contributed by atoms with Gasteiger partial charge in [0.25, 0.3) is 5.88 Å². The molecule has 0 unspecified atom stereocenters. The van der Waals surface area contributed by atoms with Crippen molar-refractivity contribution in [3.63, 3.8) is 0 Å². The first kappa shape index (κ1) is 21.6. The highest BCUT2D eigenvalue weighted by molar-refractivity contribution is 6.32. The van der Waals surface area contributed by atoms with Gasteiger partial charge in [-0.25, -0.2) is 4.39 Å². The summed E-state index contributed by atoms with van der Waals surface area (Å²) in [4.78, 5) is 25.0. The van der Waals surface area contributed by atoms with Gasteiger partial charge >= 0.3 is 5.97 Å². The van der Waals surface area contributed by atoms with E-state index in [4.69, 9.17) is 30.3 Å². The van der Waals surface area contributed by atoms with Crippen LogP contribution in [0.5, 0.6) is 17.4 Å². The Bertz CT molecular complexity index is 1230. The second-order valence-electron chi connectivity index (χ2n) is 6.95. The smallest absolute Gasteiger partial charge is 0.311 e. The molecule has 0 fully saturated rings. The van der Waals surface area contributed by atoms with E-state index in [0.717, 1.165) is 0 Å². The molecule has 0 amide bonds. The van der Waals surface area contributed by atoms with Gasteiger partial charge in [-0.05, 0) is 42.4 Å². The summed E-state index contributed by atoms with van der Waals surface area (Å²) in [6.07, 6.45) is 1.59. The average Bonchev–Trinajstić information content (AvgIpc) is 3.36. The fraction of sp³-hybridized carbons (Fsp3) is 0.174. The van der Waals surface area contributed by atoms with Crippen LogP contribution < -0.4 is 14.2 Å². The SMILES string of the molecule is COc1cc(CCC(=O)Oc2ccc3c(c2C)O/C(=C\c2c(F)cccc2Cl)C3=O)on1. The lowest BCUT2D eigenvalue weighted by molar-refractivity contribution is -0.134. The first-order chi connectivity index (χ1) is 15.4. The zero-order valence-electron chi connectivity index (χ0n) is 17.1. The number of halogens is 2. The number of rotatable bonds is 6. The predicted molar refractivity (Wildman–Crippen MR) is 113 cm³/mol. The summed E-state index contributed by atoms with van der Waals surface area (Å²) in [6.45, 7) is 1.66. The number of nitrogens with zero attached hydrogens (tertiary/aromatic N) is 1. The molecule has 4 rings (SSSR count). The zero-order chi connectivity index (χ0) is 22.8. The zero-order valence-corrected chi connectivity index (χ0v) is 17.9. The Morgan fingerprint density at radius 3 is 2.81 bits per heavy atom. The van der Waals surface area contributed by atoms with Crippen molar-refractivity contribution in [1.82, 2.24) is 5.16 Å². The highest BCUT2D eigenvalue weighted by atomic mass is 35.5. The van der Waals surface area contributed by atoms with Gasteiger partial charge in [-0.15, -0.1) is 0 Å². The Balaban J connectivity index is 1.50. The first-order valence-electron chi connectivity index (χ1n) is 9.59. The van der Waals surface area contributed by atoms with Crippen LogP contribution in [0.25, 0.3) is 6.08 Å². The second kappa shape index (κ2) is 8.84. The number of esters is 1. The van der Waals surface area contributed by atoms with Gasteiger partial charge in [-0.2, -0.15) is 0 Å². The number of hydrogen-bond donors (Lipinski definition) is 0. The molecule has 164 valence electrons. The van der Waals surface area contributed by atoms with E-state index in [1.807, 2.05) is 0 Å². The number of Topliss-reactive ketones (excluding diaryl/α,β-unsaturated/α-hetero) is 1. The van der Waals surface area contributed by atoms with Crippen molar-refractivity contribution >= 4 is 29.4 Å². The van der Waals surface area contributed by atoms with E-state index < -0.39 is 17.6 Å². The summed E-state index contributed by atoms with van der Waals surface area (Å²) in [7, 11) is 1.46. The molecule has 2 aromatic carbocycles. The quantitative estimate of drug-likeness (QED) is 0.294. The minimum Gasteiger partial charge on any atom is -0.479 e. The normalized spacial score (nSPS) is 13.8. The van der Waals surface area contributed by atoms with Gasteiger partial charge in [0.1, 0.15) is 23.1 Å². The number of aromatic nitrogens is 1. The monoisotopic (exact) mass is 457 g/mol. The highest BCUT2D eigenvalue weighted by Gasteiger charge is 2.31. The molecule has 7 nitrogen and oxygen atoms in total. The minimum atomic E-state index is -0.576. The Labute approximate surface area is 187 Å². The van der Waals surface area contributed by atoms with Crippen molar-refractivity contribution in [3.8, 4) is 17.4 Å². The highest BCUT2D eigenvalue weighted by Crippen LogP contribution is 2.40. The van der Waals surface area contributed by atoms with Crippen LogP contribution in [0.2, 0.25) is 5.02 Å². The lowest BCUT2D eigenvalue weighted by atomic mass is 10.1. The van der Waals surface area contributed by atoms with Crippen molar-refractivity contribution in [2.24, 2.45) is 0 Å². The summed E-state index contributed by atoms with van der Waals surface area (Å²) in [5.74, 6) is -0.252. The van der Waals surface area contributed by atoms with Gasteiger partial charge in [0, 0.05) is 23.6 Å². The molecule has 0 atom stereocenters. The van der Waals surface area contributed by atoms with Gasteiger partial charge < -0.3 is 18.7 Å². The van der Waals surface area contributed by atoms with Gasteiger partial charge in [-0.3, -0.25) is 9.59 Å². The molecule has 0 bridgehead atoms. The number of allylic oxidation sites excluding steroid dienone is 1. The average molecular weight is 458 g/mol. The van der Waals surface area contributed by atoms with E-state index in [-0.39, 0.29) is 46.2 Å². The maximum Gasteiger partial charge on any atom is 0.311 e. The van der Waals surface area contributed by atoms with Crippen LogP contribution in [0.1, 0.15) is 33.7 Å². The molecule has 32 heavy (non-hydrogen) atoms. The third-order valence-electron chi connectivity index (χ3n) is 4.86. The third-order valence-corrected chi connectivity index (χ3v) is 5.19.